The van der Waals surface area contributed by atoms with E-state index in [0.717, 1.165) is 12.1 Å². The van der Waals surface area contributed by atoms with Crippen LogP contribution in [0.3, 0.4) is 0 Å². The summed E-state index contributed by atoms with van der Waals surface area (Å²) in [5.74, 6) is 0. The van der Waals surface area contributed by atoms with Crippen molar-refractivity contribution in [3.05, 3.63) is 24.3 Å². The second-order valence-electron chi connectivity index (χ2n) is 6.16. The number of thiocarbonyl (C=S) groups is 1. The van der Waals surface area contributed by atoms with E-state index in [9.17, 15) is 21.6 Å². The lowest BCUT2D eigenvalue weighted by molar-refractivity contribution is -0.0436. The maximum Gasteiger partial charge on any atom is 0.501 e. The molecule has 0 fully saturated rings. The molecule has 0 aromatic heterocycles. The van der Waals surface area contributed by atoms with Gasteiger partial charge in [0.1, 0.15) is 0 Å². The van der Waals surface area contributed by atoms with Crippen LogP contribution in [0.2, 0.25) is 0 Å². The monoisotopic (exact) mass is 368 g/mol. The molecule has 0 spiro atoms. The second-order valence-corrected chi connectivity index (χ2v) is 8.51. The van der Waals surface area contributed by atoms with Crippen molar-refractivity contribution in [2.24, 2.45) is 5.41 Å². The fourth-order valence-corrected chi connectivity index (χ4v) is 2.49. The fourth-order valence-electron chi connectivity index (χ4n) is 1.43. The molecule has 0 saturated heterocycles. The molecule has 0 saturated carbocycles. The lowest BCUT2D eigenvalue weighted by Gasteiger charge is -2.29. The summed E-state index contributed by atoms with van der Waals surface area (Å²) < 4.78 is 59.9. The van der Waals surface area contributed by atoms with Gasteiger partial charge in [-0.1, -0.05) is 20.8 Å². The van der Waals surface area contributed by atoms with Gasteiger partial charge in [0.25, 0.3) is 9.84 Å². The molecule has 2 N–H and O–H groups in total. The zero-order valence-corrected chi connectivity index (χ0v) is 14.8. The molecular weight excluding hydrogens is 349 g/mol. The normalized spacial score (nSPS) is 14.2. The van der Waals surface area contributed by atoms with Crippen LogP contribution in [0.4, 0.5) is 18.9 Å². The number of hydrogen-bond acceptors (Lipinski definition) is 3. The van der Waals surface area contributed by atoms with Crippen LogP contribution in [0.5, 0.6) is 0 Å². The van der Waals surface area contributed by atoms with Gasteiger partial charge in [-0.3, -0.25) is 0 Å². The van der Waals surface area contributed by atoms with E-state index in [-0.39, 0.29) is 11.5 Å². The standard InChI is InChI=1S/C14H19F3N2O2S2/c1-9(13(2,3)4)18-12(22)19-10-5-7-11(8-6-10)23(20,21)14(15,16)17/h5-9H,1-4H3,(H2,18,19,22). The molecular formula is C14H19F3N2O2S2. The largest absolute Gasteiger partial charge is 0.501 e. The third-order valence-electron chi connectivity index (χ3n) is 3.37. The Bertz CT molecular complexity index is 663. The predicted molar refractivity (Wildman–Crippen MR) is 88.0 cm³/mol. The van der Waals surface area contributed by atoms with E-state index in [1.807, 2.05) is 27.7 Å². The van der Waals surface area contributed by atoms with E-state index in [4.69, 9.17) is 12.2 Å². The Morgan fingerprint density at radius 3 is 2.00 bits per heavy atom. The molecule has 0 aliphatic rings. The van der Waals surface area contributed by atoms with Crippen LogP contribution in [0.1, 0.15) is 27.7 Å². The summed E-state index contributed by atoms with van der Waals surface area (Å²) in [6.07, 6.45) is 0. The van der Waals surface area contributed by atoms with Crippen molar-refractivity contribution in [1.29, 1.82) is 0 Å². The number of alkyl halides is 3. The van der Waals surface area contributed by atoms with Crippen LogP contribution >= 0.6 is 12.2 Å². The topological polar surface area (TPSA) is 58.2 Å². The van der Waals surface area contributed by atoms with Crippen LogP contribution in [-0.4, -0.2) is 25.1 Å². The Kier molecular flexibility index (Phi) is 5.69. The van der Waals surface area contributed by atoms with Crippen molar-refractivity contribution in [2.45, 2.75) is 44.1 Å². The Hall–Kier alpha value is -1.35. The lowest BCUT2D eigenvalue weighted by Crippen LogP contribution is -2.43. The maximum atomic E-state index is 12.5. The van der Waals surface area contributed by atoms with Gasteiger partial charge in [-0.25, -0.2) is 8.42 Å². The molecule has 1 aromatic carbocycles. The summed E-state index contributed by atoms with van der Waals surface area (Å²) in [6.45, 7) is 8.05. The molecule has 1 unspecified atom stereocenters. The van der Waals surface area contributed by atoms with E-state index in [1.165, 1.54) is 12.1 Å². The minimum Gasteiger partial charge on any atom is -0.359 e. The quantitative estimate of drug-likeness (QED) is 0.797. The van der Waals surface area contributed by atoms with Crippen molar-refractivity contribution < 1.29 is 21.6 Å². The van der Waals surface area contributed by atoms with Crippen LogP contribution in [-0.2, 0) is 9.84 Å². The molecule has 0 bridgehead atoms. The molecule has 9 heteroatoms. The Balaban J connectivity index is 2.81. The maximum absolute atomic E-state index is 12.5. The SMILES string of the molecule is CC(NC(=S)Nc1ccc(S(=O)(=O)C(F)(F)F)cc1)C(C)(C)C. The van der Waals surface area contributed by atoms with Crippen molar-refractivity contribution >= 4 is 32.9 Å². The molecule has 0 aliphatic carbocycles. The number of benzene rings is 1. The van der Waals surface area contributed by atoms with Crippen LogP contribution in [0.15, 0.2) is 29.2 Å². The van der Waals surface area contributed by atoms with Gasteiger partial charge in [0.05, 0.1) is 4.90 Å². The minimum absolute atomic E-state index is 0.0314. The van der Waals surface area contributed by atoms with Crippen molar-refractivity contribution in [3.8, 4) is 0 Å². The van der Waals surface area contributed by atoms with Crippen LogP contribution < -0.4 is 10.6 Å². The minimum atomic E-state index is -5.34. The van der Waals surface area contributed by atoms with Crippen molar-refractivity contribution in [2.75, 3.05) is 5.32 Å². The number of sulfone groups is 1. The molecule has 4 nitrogen and oxygen atoms in total. The highest BCUT2D eigenvalue weighted by Crippen LogP contribution is 2.30. The third-order valence-corrected chi connectivity index (χ3v) is 5.10. The molecule has 0 amide bonds. The number of anilines is 1. The highest BCUT2D eigenvalue weighted by atomic mass is 32.2. The van der Waals surface area contributed by atoms with Crippen molar-refractivity contribution in [3.63, 3.8) is 0 Å². The summed E-state index contributed by atoms with van der Waals surface area (Å²) >= 11 is 5.13. The van der Waals surface area contributed by atoms with E-state index >= 15 is 0 Å². The number of nitrogens with one attached hydrogen (secondary N) is 2. The van der Waals surface area contributed by atoms with Crippen LogP contribution in [0.25, 0.3) is 0 Å². The first-order valence-electron chi connectivity index (χ1n) is 6.74. The number of hydrogen-bond donors (Lipinski definition) is 2. The van der Waals surface area contributed by atoms with Gasteiger partial charge in [-0.2, -0.15) is 13.2 Å². The average Bonchev–Trinajstić information content (AvgIpc) is 2.36. The summed E-state index contributed by atoms with van der Waals surface area (Å²) in [5.41, 5.74) is -4.96. The fraction of sp³-hybridized carbons (Fsp3) is 0.500. The third kappa shape index (κ3) is 5.07. The van der Waals surface area contributed by atoms with Crippen LogP contribution in [0, 0.1) is 5.41 Å². The first-order chi connectivity index (χ1) is 10.2. The predicted octanol–water partition coefficient (Wildman–Crippen LogP) is 3.70. The Labute approximate surface area is 139 Å². The summed E-state index contributed by atoms with van der Waals surface area (Å²) in [5, 5.41) is 6.17. The smallest absolute Gasteiger partial charge is 0.359 e. The van der Waals surface area contributed by atoms with E-state index in [2.05, 4.69) is 10.6 Å². The molecule has 0 heterocycles. The molecule has 1 rings (SSSR count). The first kappa shape index (κ1) is 19.7. The highest BCUT2D eigenvalue weighted by molar-refractivity contribution is 7.92. The second kappa shape index (κ2) is 6.64. The van der Waals surface area contributed by atoms with Gasteiger partial charge in [-0.05, 0) is 48.8 Å². The molecule has 23 heavy (non-hydrogen) atoms. The van der Waals surface area contributed by atoms with E-state index in [1.54, 1.807) is 0 Å². The zero-order valence-electron chi connectivity index (χ0n) is 13.2. The lowest BCUT2D eigenvalue weighted by atomic mass is 9.88. The average molecular weight is 368 g/mol. The molecule has 1 aromatic rings. The zero-order chi connectivity index (χ0) is 18.1. The molecule has 130 valence electrons. The van der Waals surface area contributed by atoms with Gasteiger partial charge in [0.2, 0.25) is 0 Å². The molecule has 1 atom stereocenters. The van der Waals surface area contributed by atoms with Gasteiger partial charge in [0, 0.05) is 11.7 Å². The first-order valence-corrected chi connectivity index (χ1v) is 8.63. The molecule has 0 aliphatic heterocycles. The summed E-state index contributed by atoms with van der Waals surface area (Å²) in [4.78, 5) is -0.808. The van der Waals surface area contributed by atoms with E-state index in [0.29, 0.717) is 10.8 Å². The van der Waals surface area contributed by atoms with Gasteiger partial charge in [-0.15, -0.1) is 0 Å². The van der Waals surface area contributed by atoms with E-state index < -0.39 is 20.2 Å². The number of halogens is 3. The van der Waals surface area contributed by atoms with Gasteiger partial charge < -0.3 is 10.6 Å². The Morgan fingerprint density at radius 2 is 1.61 bits per heavy atom. The van der Waals surface area contributed by atoms with Crippen molar-refractivity contribution in [1.82, 2.24) is 5.32 Å². The summed E-state index contributed by atoms with van der Waals surface area (Å²) in [7, 11) is -5.34. The summed E-state index contributed by atoms with van der Waals surface area (Å²) in [6, 6.07) is 4.30. The molecule has 0 radical (unpaired) electrons. The highest BCUT2D eigenvalue weighted by Gasteiger charge is 2.46. The number of rotatable bonds is 3. The Morgan fingerprint density at radius 1 is 1.13 bits per heavy atom. The van der Waals surface area contributed by atoms with Gasteiger partial charge in [0.15, 0.2) is 5.11 Å². The van der Waals surface area contributed by atoms with Gasteiger partial charge >= 0.3 is 5.51 Å².